The van der Waals surface area contributed by atoms with Crippen LogP contribution in [0.15, 0.2) is 200 Å². The van der Waals surface area contributed by atoms with Gasteiger partial charge in [0.15, 0.2) is 0 Å². The van der Waals surface area contributed by atoms with E-state index in [1.165, 1.54) is 12.1 Å². The minimum atomic E-state index is -2.19. The maximum atomic E-state index is 13.0. The molecule has 8 aromatic carbocycles. The number of hydrogen-bond donors (Lipinski definition) is 0. The summed E-state index contributed by atoms with van der Waals surface area (Å²) in [5, 5.41) is 5.07. The minimum absolute atomic E-state index is 0. The molecule has 0 spiro atoms. The number of para-hydroxylation sites is 1. The van der Waals surface area contributed by atoms with Crippen LogP contribution < -0.4 is 5.19 Å². The van der Waals surface area contributed by atoms with Crippen LogP contribution in [0, 0.1) is 24.8 Å². The summed E-state index contributed by atoms with van der Waals surface area (Å²) >= 11 is 1.56. The minimum Gasteiger partial charge on any atom is -0.332 e. The number of rotatable bonds is 8. The Morgan fingerprint density at radius 3 is 2.07 bits per heavy atom. The van der Waals surface area contributed by atoms with Crippen LogP contribution in [0.3, 0.4) is 0 Å². The topological polar surface area (TPSA) is 43.6 Å². The van der Waals surface area contributed by atoms with Gasteiger partial charge in [0.25, 0.3) is 0 Å². The molecule has 70 heavy (non-hydrogen) atoms. The van der Waals surface area contributed by atoms with E-state index in [9.17, 15) is 4.39 Å². The molecule has 0 aliphatic carbocycles. The van der Waals surface area contributed by atoms with Crippen molar-refractivity contribution in [2.24, 2.45) is 0 Å². The van der Waals surface area contributed by atoms with Crippen LogP contribution in [-0.2, 0) is 26.5 Å². The molecule has 8 heteroatoms. The number of thiophene rings is 1. The Hall–Kier alpha value is -7.19. The molecule has 0 N–H and O–H groups in total. The Morgan fingerprint density at radius 1 is 0.686 bits per heavy atom. The first-order chi connectivity index (χ1) is 35.6. The van der Waals surface area contributed by atoms with Crippen LogP contribution >= 0.6 is 11.3 Å². The molecule has 0 fully saturated rings. The SMILES string of the molecule is [2H]C([2H])([2H])c1cc(-c2[c-]cc(F)cc2)ncc1[Si](C)(C)C.[2H]C([2H])(c1ccccc1)c1ccc2c(n1)sc1c(-c3nc4c5ccccc5ccc4n3-c3c(-c4ccccc4)cccc3-c3ccccc3)[c-]ccc12.[Ir]. The van der Waals surface area contributed by atoms with Gasteiger partial charge >= 0.3 is 0 Å². The van der Waals surface area contributed by atoms with Gasteiger partial charge in [-0.15, -0.1) is 48.0 Å². The fourth-order valence-electron chi connectivity index (χ4n) is 8.98. The number of nitrogens with zero attached hydrogens (tertiary/aromatic N) is 4. The molecule has 4 aromatic heterocycles. The quantitative estimate of drug-likeness (QED) is 0.112. The Balaban J connectivity index is 0.000000246. The summed E-state index contributed by atoms with van der Waals surface area (Å²) in [5.74, 6) is 0.405. The third kappa shape index (κ3) is 9.08. The van der Waals surface area contributed by atoms with E-state index in [2.05, 4.69) is 163 Å². The number of fused-ring (bicyclic) bond motifs is 6. The van der Waals surface area contributed by atoms with E-state index in [-0.39, 0.29) is 25.9 Å². The van der Waals surface area contributed by atoms with Gasteiger partial charge in [-0.1, -0.05) is 188 Å². The van der Waals surface area contributed by atoms with Crippen LogP contribution in [0.4, 0.5) is 4.39 Å². The summed E-state index contributed by atoms with van der Waals surface area (Å²) in [7, 11) is -1.81. The molecule has 12 aromatic rings. The number of imidazole rings is 1. The zero-order valence-corrected chi connectivity index (χ0v) is 42.7. The van der Waals surface area contributed by atoms with Crippen LogP contribution in [0.25, 0.3) is 92.7 Å². The third-order valence-electron chi connectivity index (χ3n) is 12.3. The average Bonchev–Trinajstić information content (AvgIpc) is 4.02. The first kappa shape index (κ1) is 40.7. The fraction of sp³-hybridized carbons (Fsp3) is 0.0806. The summed E-state index contributed by atoms with van der Waals surface area (Å²) in [5.41, 5.74) is 10.6. The Labute approximate surface area is 433 Å². The first-order valence-electron chi connectivity index (χ1n) is 25.3. The van der Waals surface area contributed by atoms with Gasteiger partial charge in [-0.05, 0) is 62.0 Å². The van der Waals surface area contributed by atoms with Gasteiger partial charge in [-0.2, -0.15) is 11.3 Å². The second-order valence-corrected chi connectivity index (χ2v) is 23.9. The Kier molecular flexibility index (Phi) is 11.4. The molecule has 0 saturated carbocycles. The summed E-state index contributed by atoms with van der Waals surface area (Å²) < 4.78 is 57.6. The van der Waals surface area contributed by atoms with Crippen LogP contribution in [0.1, 0.15) is 23.7 Å². The number of aromatic nitrogens is 4. The van der Waals surface area contributed by atoms with Gasteiger partial charge in [-0.25, -0.2) is 4.98 Å². The van der Waals surface area contributed by atoms with Crippen molar-refractivity contribution < 1.29 is 31.3 Å². The molecule has 0 bridgehead atoms. The van der Waals surface area contributed by atoms with E-state index in [1.54, 1.807) is 29.7 Å². The number of benzene rings is 8. The van der Waals surface area contributed by atoms with Crippen molar-refractivity contribution in [3.63, 3.8) is 0 Å². The average molecular weight is 1120 g/mol. The summed E-state index contributed by atoms with van der Waals surface area (Å²) in [6.07, 6.45) is -0.0922. The van der Waals surface area contributed by atoms with Gasteiger partial charge in [0.05, 0.1) is 30.6 Å². The van der Waals surface area contributed by atoms with E-state index in [4.69, 9.17) is 16.8 Å². The van der Waals surface area contributed by atoms with Crippen molar-refractivity contribution in [2.45, 2.75) is 32.9 Å². The maximum absolute atomic E-state index is 13.0. The van der Waals surface area contributed by atoms with Gasteiger partial charge < -0.3 is 9.55 Å². The molecule has 0 atom stereocenters. The number of aryl methyl sites for hydroxylation is 1. The molecule has 4 nitrogen and oxygen atoms in total. The fourth-order valence-corrected chi connectivity index (χ4v) is 11.5. The Morgan fingerprint density at radius 2 is 1.39 bits per heavy atom. The molecular weight excluding hydrogens is 1070 g/mol. The molecule has 0 aliphatic heterocycles. The zero-order chi connectivity index (χ0) is 51.4. The summed E-state index contributed by atoms with van der Waals surface area (Å²) in [4.78, 5) is 15.6. The molecule has 0 aliphatic rings. The van der Waals surface area contributed by atoms with Crippen molar-refractivity contribution in [2.75, 3.05) is 0 Å². The standard InChI is InChI=1S/C47H30N3S.C15H17FNSi.Ir/c1-4-14-31(15-5-1)30-35-27-28-40-39-24-13-25-41(45(39)51-47(40)48-35)46-49-43-36-21-11-10-20-34(36)26-29-42(43)50(46)44-37(32-16-6-2-7-17-32)22-12-23-38(44)33-18-8-3-9-19-33;1-11-9-14(12-5-7-13(16)8-6-12)17-10-15(11)18(2,3)4;/h1-24,26-29H,30H2;5,7-10H,1-4H3;/q2*-1;/i30D2;1D3;. The van der Waals surface area contributed by atoms with Crippen molar-refractivity contribution in [3.05, 3.63) is 235 Å². The van der Waals surface area contributed by atoms with Gasteiger partial charge in [0.1, 0.15) is 4.83 Å². The van der Waals surface area contributed by atoms with Gasteiger partial charge in [0, 0.05) is 67.6 Å². The smallest absolute Gasteiger partial charge is 0.114 e. The molecule has 343 valence electrons. The normalized spacial score (nSPS) is 12.9. The predicted molar refractivity (Wildman–Crippen MR) is 290 cm³/mol. The van der Waals surface area contributed by atoms with E-state index < -0.39 is 21.3 Å². The molecule has 0 unspecified atom stereocenters. The molecule has 1 radical (unpaired) electrons. The number of hydrogen-bond acceptors (Lipinski definition) is 4. The molecule has 0 amide bonds. The molecular formula is C62H47FIrN4SSi-2. The van der Waals surface area contributed by atoms with Crippen LogP contribution in [0.5, 0.6) is 0 Å². The van der Waals surface area contributed by atoms with Crippen molar-refractivity contribution in [1.29, 1.82) is 0 Å². The molecule has 0 saturated heterocycles. The summed E-state index contributed by atoms with van der Waals surface area (Å²) in [6.45, 7) is 4.07. The number of halogens is 1. The first-order valence-corrected chi connectivity index (χ1v) is 27.1. The summed E-state index contributed by atoms with van der Waals surface area (Å²) in [6, 6.07) is 69.7. The van der Waals surface area contributed by atoms with E-state index in [1.807, 2.05) is 48.5 Å². The largest absolute Gasteiger partial charge is 0.332 e. The van der Waals surface area contributed by atoms with Crippen LogP contribution in [0.2, 0.25) is 19.6 Å². The number of pyridine rings is 2. The monoisotopic (exact) mass is 1120 g/mol. The Bertz CT molecular complexity index is 3970. The van der Waals surface area contributed by atoms with Crippen molar-refractivity contribution >= 4 is 66.7 Å². The van der Waals surface area contributed by atoms with E-state index in [0.29, 0.717) is 28.1 Å². The van der Waals surface area contributed by atoms with Crippen molar-refractivity contribution in [1.82, 2.24) is 19.5 Å². The van der Waals surface area contributed by atoms with Crippen molar-refractivity contribution in [3.8, 4) is 50.6 Å². The second-order valence-electron chi connectivity index (χ2n) is 17.9. The molecule has 4 heterocycles. The van der Waals surface area contributed by atoms with Gasteiger partial charge in [0.2, 0.25) is 0 Å². The van der Waals surface area contributed by atoms with Gasteiger partial charge in [-0.3, -0.25) is 9.37 Å². The van der Waals surface area contributed by atoms with Crippen LogP contribution in [-0.4, -0.2) is 27.6 Å². The second kappa shape index (κ2) is 19.7. The van der Waals surface area contributed by atoms with E-state index in [0.717, 1.165) is 86.6 Å². The zero-order valence-electron chi connectivity index (χ0n) is 43.5. The van der Waals surface area contributed by atoms with E-state index >= 15 is 0 Å². The predicted octanol–water partition coefficient (Wildman–Crippen LogP) is 15.9. The molecule has 12 rings (SSSR count). The third-order valence-corrected chi connectivity index (χ3v) is 15.5. The maximum Gasteiger partial charge on any atom is 0.114 e.